The van der Waals surface area contributed by atoms with Crippen LogP contribution in [-0.4, -0.2) is 28.3 Å². The number of nitrogens with one attached hydrogen (secondary N) is 1. The standard InChI is InChI=1S/C17H19N3O2S/c1-12-10-14(20(2)3)9-8-13(12)11-18-17-15-6-4-5-7-16(15)23(21,22)19-17/h4-10H,11H2,1-3H3,(H,18,19). The number of nitrogens with zero attached hydrogens (tertiary/aromatic N) is 2. The molecule has 1 aliphatic rings. The maximum absolute atomic E-state index is 12.1. The van der Waals surface area contributed by atoms with Crippen LogP contribution in [0.4, 0.5) is 5.69 Å². The largest absolute Gasteiger partial charge is 0.378 e. The summed E-state index contributed by atoms with van der Waals surface area (Å²) in [5, 5.41) is 0. The second-order valence-electron chi connectivity index (χ2n) is 5.77. The molecule has 2 aromatic rings. The van der Waals surface area contributed by atoms with Crippen molar-refractivity contribution in [1.82, 2.24) is 4.72 Å². The highest BCUT2D eigenvalue weighted by atomic mass is 32.2. The number of aliphatic imine (C=N–C) groups is 1. The third kappa shape index (κ3) is 2.94. The molecule has 6 heteroatoms. The van der Waals surface area contributed by atoms with Crippen molar-refractivity contribution in [2.75, 3.05) is 19.0 Å². The molecule has 0 aromatic heterocycles. The summed E-state index contributed by atoms with van der Waals surface area (Å²) in [6, 6.07) is 13.1. The molecule has 0 bridgehead atoms. The first-order valence-corrected chi connectivity index (χ1v) is 8.80. The lowest BCUT2D eigenvalue weighted by Crippen LogP contribution is -2.22. The first-order valence-electron chi connectivity index (χ1n) is 7.32. The molecule has 0 radical (unpaired) electrons. The van der Waals surface area contributed by atoms with Gasteiger partial charge in [-0.25, -0.2) is 8.42 Å². The van der Waals surface area contributed by atoms with Crippen molar-refractivity contribution in [1.29, 1.82) is 0 Å². The van der Waals surface area contributed by atoms with Gasteiger partial charge in [-0.2, -0.15) is 0 Å². The summed E-state index contributed by atoms with van der Waals surface area (Å²) in [5.74, 6) is 0.414. The molecule has 1 aliphatic heterocycles. The fourth-order valence-corrected chi connectivity index (χ4v) is 3.80. The number of fused-ring (bicyclic) bond motifs is 1. The average molecular weight is 329 g/mol. The Bertz CT molecular complexity index is 886. The van der Waals surface area contributed by atoms with Crippen LogP contribution in [0.5, 0.6) is 0 Å². The molecular formula is C17H19N3O2S. The molecule has 0 spiro atoms. The van der Waals surface area contributed by atoms with Crippen LogP contribution >= 0.6 is 0 Å². The molecule has 1 heterocycles. The zero-order valence-electron chi connectivity index (χ0n) is 13.4. The topological polar surface area (TPSA) is 61.8 Å². The maximum atomic E-state index is 12.1. The van der Waals surface area contributed by atoms with Crippen LogP contribution in [0.3, 0.4) is 0 Å². The minimum atomic E-state index is -3.47. The molecule has 1 N–H and O–H groups in total. The Hall–Kier alpha value is -2.34. The molecule has 3 rings (SSSR count). The first kappa shape index (κ1) is 15.6. The van der Waals surface area contributed by atoms with Crippen molar-refractivity contribution in [3.63, 3.8) is 0 Å². The van der Waals surface area contributed by atoms with E-state index >= 15 is 0 Å². The minimum absolute atomic E-state index is 0.290. The van der Waals surface area contributed by atoms with Crippen molar-refractivity contribution in [3.8, 4) is 0 Å². The third-order valence-electron chi connectivity index (χ3n) is 3.91. The van der Waals surface area contributed by atoms with Gasteiger partial charge in [-0.15, -0.1) is 0 Å². The van der Waals surface area contributed by atoms with Gasteiger partial charge in [0, 0.05) is 25.3 Å². The summed E-state index contributed by atoms with van der Waals surface area (Å²) in [7, 11) is 0.523. The van der Waals surface area contributed by atoms with E-state index < -0.39 is 10.0 Å². The van der Waals surface area contributed by atoms with E-state index in [0.717, 1.165) is 16.8 Å². The van der Waals surface area contributed by atoms with Gasteiger partial charge in [-0.3, -0.25) is 9.71 Å². The van der Waals surface area contributed by atoms with E-state index in [1.165, 1.54) is 0 Å². The van der Waals surface area contributed by atoms with Crippen molar-refractivity contribution < 1.29 is 8.42 Å². The summed E-state index contributed by atoms with van der Waals surface area (Å²) >= 11 is 0. The number of amidine groups is 1. The highest BCUT2D eigenvalue weighted by Gasteiger charge is 2.29. The number of sulfonamides is 1. The van der Waals surface area contributed by atoms with Crippen LogP contribution in [0.2, 0.25) is 0 Å². The Morgan fingerprint density at radius 3 is 2.57 bits per heavy atom. The number of aryl methyl sites for hydroxylation is 1. The van der Waals surface area contributed by atoms with Crippen LogP contribution < -0.4 is 9.62 Å². The molecule has 0 unspecified atom stereocenters. The van der Waals surface area contributed by atoms with E-state index in [-0.39, 0.29) is 0 Å². The van der Waals surface area contributed by atoms with Gasteiger partial charge in [-0.05, 0) is 42.3 Å². The number of hydrogen-bond donors (Lipinski definition) is 1. The highest BCUT2D eigenvalue weighted by molar-refractivity contribution is 7.90. The van der Waals surface area contributed by atoms with E-state index in [2.05, 4.69) is 15.8 Å². The van der Waals surface area contributed by atoms with Crippen LogP contribution in [-0.2, 0) is 16.6 Å². The van der Waals surface area contributed by atoms with Gasteiger partial charge in [0.05, 0.1) is 11.4 Å². The molecule has 0 saturated heterocycles. The zero-order chi connectivity index (χ0) is 16.6. The Morgan fingerprint density at radius 1 is 1.13 bits per heavy atom. The molecule has 120 valence electrons. The molecule has 0 aliphatic carbocycles. The predicted octanol–water partition coefficient (Wildman–Crippen LogP) is 2.30. The quantitative estimate of drug-likeness (QED) is 0.940. The zero-order valence-corrected chi connectivity index (χ0v) is 14.2. The normalized spacial score (nSPS) is 16.9. The summed E-state index contributed by atoms with van der Waals surface area (Å²) in [6.07, 6.45) is 0. The van der Waals surface area contributed by atoms with Crippen LogP contribution in [0.25, 0.3) is 0 Å². The van der Waals surface area contributed by atoms with E-state index in [9.17, 15) is 8.42 Å². The lowest BCUT2D eigenvalue weighted by Gasteiger charge is -2.14. The fourth-order valence-electron chi connectivity index (χ4n) is 2.55. The summed E-state index contributed by atoms with van der Waals surface area (Å²) in [5.41, 5.74) is 3.97. The van der Waals surface area contributed by atoms with Crippen molar-refractivity contribution in [2.45, 2.75) is 18.4 Å². The van der Waals surface area contributed by atoms with Crippen LogP contribution in [0, 0.1) is 6.92 Å². The van der Waals surface area contributed by atoms with Gasteiger partial charge in [0.1, 0.15) is 5.84 Å². The molecule has 23 heavy (non-hydrogen) atoms. The van der Waals surface area contributed by atoms with Gasteiger partial charge >= 0.3 is 0 Å². The minimum Gasteiger partial charge on any atom is -0.378 e. The first-order chi connectivity index (χ1) is 10.9. The molecule has 5 nitrogen and oxygen atoms in total. The predicted molar refractivity (Wildman–Crippen MR) is 92.5 cm³/mol. The van der Waals surface area contributed by atoms with E-state index in [4.69, 9.17) is 0 Å². The molecule has 2 aromatic carbocycles. The third-order valence-corrected chi connectivity index (χ3v) is 5.31. The SMILES string of the molecule is Cc1cc(N(C)C)ccc1CN=C1NS(=O)(=O)c2ccccc21. The molecule has 0 fully saturated rings. The van der Waals surface area contributed by atoms with Crippen molar-refractivity contribution >= 4 is 21.5 Å². The van der Waals surface area contributed by atoms with Gasteiger partial charge in [-0.1, -0.05) is 18.2 Å². The Morgan fingerprint density at radius 2 is 1.87 bits per heavy atom. The van der Waals surface area contributed by atoms with Gasteiger partial charge in [0.2, 0.25) is 0 Å². The van der Waals surface area contributed by atoms with E-state index in [1.807, 2.05) is 44.1 Å². The summed E-state index contributed by atoms with van der Waals surface area (Å²) < 4.78 is 26.7. The van der Waals surface area contributed by atoms with Gasteiger partial charge in [0.25, 0.3) is 10.0 Å². The summed E-state index contributed by atoms with van der Waals surface area (Å²) in [4.78, 5) is 6.81. The second-order valence-corrected chi connectivity index (χ2v) is 7.42. The number of rotatable bonds is 3. The second kappa shape index (κ2) is 5.70. The van der Waals surface area contributed by atoms with Crippen molar-refractivity contribution in [3.05, 3.63) is 59.2 Å². The van der Waals surface area contributed by atoms with Gasteiger partial charge in [0.15, 0.2) is 0 Å². The lowest BCUT2D eigenvalue weighted by molar-refractivity contribution is 0.595. The number of hydrogen-bond acceptors (Lipinski definition) is 4. The van der Waals surface area contributed by atoms with Crippen LogP contribution in [0.1, 0.15) is 16.7 Å². The Balaban J connectivity index is 1.90. The van der Waals surface area contributed by atoms with Crippen molar-refractivity contribution in [2.24, 2.45) is 4.99 Å². The summed E-state index contributed by atoms with van der Waals surface area (Å²) in [6.45, 7) is 2.47. The molecule has 0 saturated carbocycles. The maximum Gasteiger partial charge on any atom is 0.263 e. The molecule has 0 atom stereocenters. The average Bonchev–Trinajstić information content (AvgIpc) is 2.77. The Kier molecular flexibility index (Phi) is 3.85. The fraction of sp³-hybridized carbons (Fsp3) is 0.235. The van der Waals surface area contributed by atoms with E-state index in [1.54, 1.807) is 18.2 Å². The van der Waals surface area contributed by atoms with Gasteiger partial charge < -0.3 is 4.90 Å². The molecular weight excluding hydrogens is 310 g/mol. The number of anilines is 1. The van der Waals surface area contributed by atoms with E-state index in [0.29, 0.717) is 22.8 Å². The monoisotopic (exact) mass is 329 g/mol. The number of benzene rings is 2. The molecule has 0 amide bonds. The Labute approximate surface area is 136 Å². The lowest BCUT2D eigenvalue weighted by atomic mass is 10.1. The highest BCUT2D eigenvalue weighted by Crippen LogP contribution is 2.23. The smallest absolute Gasteiger partial charge is 0.263 e. The van der Waals surface area contributed by atoms with Crippen LogP contribution in [0.15, 0.2) is 52.4 Å².